The number of fused-ring (bicyclic) bond motifs is 1. The Hall–Kier alpha value is -1.16. The smallest absolute Gasteiger partial charge is 0.0389 e. The van der Waals surface area contributed by atoms with Gasteiger partial charge >= 0.3 is 0 Å². The zero-order valence-electron chi connectivity index (χ0n) is 11.3. The highest BCUT2D eigenvalue weighted by Gasteiger charge is 2.08. The molecule has 1 heterocycles. The van der Waals surface area contributed by atoms with Crippen LogP contribution in [0.25, 0.3) is 10.1 Å². The third kappa shape index (κ3) is 3.11. The van der Waals surface area contributed by atoms with Crippen molar-refractivity contribution in [2.45, 2.75) is 19.5 Å². The number of thiophene rings is 1. The quantitative estimate of drug-likeness (QED) is 0.656. The number of hydrogen-bond donors (Lipinski definition) is 1. The second-order valence-corrected chi connectivity index (χ2v) is 6.95. The lowest BCUT2D eigenvalue weighted by Crippen LogP contribution is -2.16. The molecule has 2 aromatic carbocycles. The topological polar surface area (TPSA) is 12.0 Å². The minimum absolute atomic E-state index is 0.371. The Morgan fingerprint density at radius 1 is 1.10 bits per heavy atom. The van der Waals surface area contributed by atoms with E-state index >= 15 is 0 Å². The van der Waals surface area contributed by atoms with Gasteiger partial charge in [0, 0.05) is 26.6 Å². The molecule has 1 nitrogen and oxygen atoms in total. The van der Waals surface area contributed by atoms with Crippen LogP contribution in [0, 0.1) is 0 Å². The molecule has 3 rings (SSSR count). The Kier molecular flexibility index (Phi) is 4.20. The van der Waals surface area contributed by atoms with E-state index in [9.17, 15) is 0 Å². The molecule has 0 aliphatic carbocycles. The van der Waals surface area contributed by atoms with E-state index in [-0.39, 0.29) is 0 Å². The lowest BCUT2D eigenvalue weighted by atomic mass is 10.2. The van der Waals surface area contributed by atoms with Crippen LogP contribution in [-0.4, -0.2) is 0 Å². The maximum atomic E-state index is 3.59. The maximum absolute atomic E-state index is 3.59. The highest BCUT2D eigenvalue weighted by Crippen LogP contribution is 2.29. The van der Waals surface area contributed by atoms with Gasteiger partial charge in [-0.2, -0.15) is 0 Å². The SMILES string of the molecule is CC(NCc1ccc(Br)cc1)c1cc2ccccc2s1. The molecule has 0 saturated heterocycles. The minimum Gasteiger partial charge on any atom is -0.305 e. The molecule has 1 N–H and O–H groups in total. The Balaban J connectivity index is 1.69. The molecule has 0 fully saturated rings. The Labute approximate surface area is 131 Å². The van der Waals surface area contributed by atoms with Crippen LogP contribution in [0.1, 0.15) is 23.4 Å². The Morgan fingerprint density at radius 2 is 1.85 bits per heavy atom. The number of nitrogens with one attached hydrogen (secondary N) is 1. The monoisotopic (exact) mass is 345 g/mol. The summed E-state index contributed by atoms with van der Waals surface area (Å²) in [6.45, 7) is 3.12. The van der Waals surface area contributed by atoms with Gasteiger partial charge in [0.05, 0.1) is 0 Å². The highest BCUT2D eigenvalue weighted by atomic mass is 79.9. The van der Waals surface area contributed by atoms with E-state index in [1.165, 1.54) is 20.5 Å². The van der Waals surface area contributed by atoms with Crippen molar-refractivity contribution in [2.75, 3.05) is 0 Å². The summed E-state index contributed by atoms with van der Waals surface area (Å²) in [7, 11) is 0. The van der Waals surface area contributed by atoms with Crippen molar-refractivity contribution < 1.29 is 0 Å². The van der Waals surface area contributed by atoms with E-state index in [1.807, 2.05) is 11.3 Å². The third-order valence-electron chi connectivity index (χ3n) is 3.40. The number of hydrogen-bond acceptors (Lipinski definition) is 2. The fourth-order valence-electron chi connectivity index (χ4n) is 2.19. The summed E-state index contributed by atoms with van der Waals surface area (Å²) in [5, 5.41) is 4.93. The first kappa shape index (κ1) is 13.8. The summed E-state index contributed by atoms with van der Waals surface area (Å²) < 4.78 is 2.48. The standard InChI is InChI=1S/C17H16BrNS/c1-12(19-11-13-6-8-15(18)9-7-13)17-10-14-4-2-3-5-16(14)20-17/h2-10,12,19H,11H2,1H3. The lowest BCUT2D eigenvalue weighted by molar-refractivity contribution is 0.583. The van der Waals surface area contributed by atoms with Gasteiger partial charge in [-0.15, -0.1) is 11.3 Å². The molecule has 1 aromatic heterocycles. The molecule has 0 aliphatic rings. The van der Waals surface area contributed by atoms with Crippen molar-refractivity contribution in [2.24, 2.45) is 0 Å². The number of halogens is 1. The van der Waals surface area contributed by atoms with Crippen molar-refractivity contribution in [3.05, 3.63) is 69.5 Å². The van der Waals surface area contributed by atoms with Crippen LogP contribution in [0.15, 0.2) is 59.1 Å². The average Bonchev–Trinajstić information content (AvgIpc) is 2.90. The molecule has 20 heavy (non-hydrogen) atoms. The van der Waals surface area contributed by atoms with Crippen LogP contribution in [-0.2, 0) is 6.54 Å². The average molecular weight is 346 g/mol. The molecule has 3 aromatic rings. The van der Waals surface area contributed by atoms with Gasteiger partial charge in [-0.3, -0.25) is 0 Å². The molecule has 0 saturated carbocycles. The van der Waals surface area contributed by atoms with E-state index in [0.29, 0.717) is 6.04 Å². The first-order valence-electron chi connectivity index (χ1n) is 6.69. The molecular weight excluding hydrogens is 330 g/mol. The van der Waals surface area contributed by atoms with Crippen LogP contribution >= 0.6 is 27.3 Å². The summed E-state index contributed by atoms with van der Waals surface area (Å²) in [5.41, 5.74) is 1.31. The second kappa shape index (κ2) is 6.08. The Morgan fingerprint density at radius 3 is 2.60 bits per heavy atom. The number of rotatable bonds is 4. The van der Waals surface area contributed by atoms with Crippen LogP contribution in [0.3, 0.4) is 0 Å². The second-order valence-electron chi connectivity index (χ2n) is 4.92. The number of benzene rings is 2. The molecular formula is C17H16BrNS. The predicted octanol–water partition coefficient (Wildman–Crippen LogP) is 5.51. The molecule has 1 unspecified atom stereocenters. The van der Waals surface area contributed by atoms with Crippen LogP contribution in [0.4, 0.5) is 0 Å². The van der Waals surface area contributed by atoms with E-state index in [2.05, 4.69) is 82.8 Å². The molecule has 3 heteroatoms. The van der Waals surface area contributed by atoms with E-state index in [1.54, 1.807) is 0 Å². The van der Waals surface area contributed by atoms with Gasteiger partial charge in [0.25, 0.3) is 0 Å². The molecule has 0 spiro atoms. The lowest BCUT2D eigenvalue weighted by Gasteiger charge is -2.12. The summed E-state index contributed by atoms with van der Waals surface area (Å²) in [5.74, 6) is 0. The van der Waals surface area contributed by atoms with E-state index in [0.717, 1.165) is 11.0 Å². The van der Waals surface area contributed by atoms with Gasteiger partial charge in [0.15, 0.2) is 0 Å². The maximum Gasteiger partial charge on any atom is 0.0389 e. The predicted molar refractivity (Wildman–Crippen MR) is 91.2 cm³/mol. The van der Waals surface area contributed by atoms with Crippen molar-refractivity contribution in [3.63, 3.8) is 0 Å². The molecule has 0 amide bonds. The first-order valence-corrected chi connectivity index (χ1v) is 8.29. The van der Waals surface area contributed by atoms with Crippen LogP contribution in [0.2, 0.25) is 0 Å². The summed E-state index contributed by atoms with van der Waals surface area (Å²) in [6, 6.07) is 19.7. The molecule has 1 atom stereocenters. The Bertz CT molecular complexity index is 669. The van der Waals surface area contributed by atoms with Gasteiger partial charge in [0.1, 0.15) is 0 Å². The molecule has 102 valence electrons. The minimum atomic E-state index is 0.371. The largest absolute Gasteiger partial charge is 0.305 e. The van der Waals surface area contributed by atoms with Gasteiger partial charge in [-0.05, 0) is 42.1 Å². The fraction of sp³-hybridized carbons (Fsp3) is 0.176. The zero-order chi connectivity index (χ0) is 13.9. The highest BCUT2D eigenvalue weighted by molar-refractivity contribution is 9.10. The van der Waals surface area contributed by atoms with Crippen molar-refractivity contribution in [3.8, 4) is 0 Å². The summed E-state index contributed by atoms with van der Waals surface area (Å²) in [6.07, 6.45) is 0. The summed E-state index contributed by atoms with van der Waals surface area (Å²) in [4.78, 5) is 1.39. The van der Waals surface area contributed by atoms with Crippen LogP contribution < -0.4 is 5.32 Å². The van der Waals surface area contributed by atoms with E-state index in [4.69, 9.17) is 0 Å². The first-order chi connectivity index (χ1) is 9.72. The van der Waals surface area contributed by atoms with Gasteiger partial charge in [-0.25, -0.2) is 0 Å². The molecule has 0 bridgehead atoms. The van der Waals surface area contributed by atoms with Crippen molar-refractivity contribution in [1.82, 2.24) is 5.32 Å². The zero-order valence-corrected chi connectivity index (χ0v) is 13.7. The fourth-order valence-corrected chi connectivity index (χ4v) is 3.55. The van der Waals surface area contributed by atoms with Crippen molar-refractivity contribution in [1.29, 1.82) is 0 Å². The summed E-state index contributed by atoms with van der Waals surface area (Å²) >= 11 is 5.34. The van der Waals surface area contributed by atoms with E-state index < -0.39 is 0 Å². The third-order valence-corrected chi connectivity index (χ3v) is 5.22. The van der Waals surface area contributed by atoms with Crippen LogP contribution in [0.5, 0.6) is 0 Å². The van der Waals surface area contributed by atoms with Gasteiger partial charge in [-0.1, -0.05) is 46.3 Å². The van der Waals surface area contributed by atoms with Gasteiger partial charge in [0.2, 0.25) is 0 Å². The normalized spacial score (nSPS) is 12.7. The van der Waals surface area contributed by atoms with Gasteiger partial charge < -0.3 is 5.32 Å². The molecule has 0 aliphatic heterocycles. The molecule has 0 radical (unpaired) electrons. The van der Waals surface area contributed by atoms with Crippen molar-refractivity contribution >= 4 is 37.4 Å².